The molecule has 0 radical (unpaired) electrons. The van der Waals surface area contributed by atoms with Gasteiger partial charge in [-0.15, -0.1) is 0 Å². The summed E-state index contributed by atoms with van der Waals surface area (Å²) in [6.07, 6.45) is 0.468. The first-order chi connectivity index (χ1) is 8.97. The van der Waals surface area contributed by atoms with E-state index in [4.69, 9.17) is 5.73 Å². The van der Waals surface area contributed by atoms with Crippen molar-refractivity contribution >= 4 is 0 Å². The maximum Gasteiger partial charge on any atom is 0.416 e. The van der Waals surface area contributed by atoms with E-state index < -0.39 is 17.8 Å². The molecule has 0 spiro atoms. The lowest BCUT2D eigenvalue weighted by Crippen LogP contribution is -2.15. The Balaban J connectivity index is 2.16. The lowest BCUT2D eigenvalue weighted by molar-refractivity contribution is -0.137. The van der Waals surface area contributed by atoms with Crippen LogP contribution in [0.4, 0.5) is 13.2 Å². The third-order valence-electron chi connectivity index (χ3n) is 2.67. The van der Waals surface area contributed by atoms with Gasteiger partial charge in [0.1, 0.15) is 0 Å². The molecule has 0 bridgehead atoms. The van der Waals surface area contributed by atoms with E-state index in [1.807, 2.05) is 0 Å². The summed E-state index contributed by atoms with van der Waals surface area (Å²) in [7, 11) is 0. The molecule has 1 aromatic carbocycles. The minimum atomic E-state index is -4.34. The summed E-state index contributed by atoms with van der Waals surface area (Å²) in [5.41, 5.74) is 6.31. The number of nitrogens with zero attached hydrogens (tertiary/aromatic N) is 2. The molecular formula is C13H12F3N3. The molecule has 1 unspecified atom stereocenters. The van der Waals surface area contributed by atoms with Crippen molar-refractivity contribution in [3.63, 3.8) is 0 Å². The Morgan fingerprint density at radius 1 is 1.21 bits per heavy atom. The van der Waals surface area contributed by atoms with Crippen molar-refractivity contribution in [2.75, 3.05) is 0 Å². The second kappa shape index (κ2) is 5.36. The van der Waals surface area contributed by atoms with Gasteiger partial charge in [-0.25, -0.2) is 0 Å². The van der Waals surface area contributed by atoms with Gasteiger partial charge in [-0.2, -0.15) is 13.2 Å². The Labute approximate surface area is 108 Å². The molecule has 0 fully saturated rings. The Kier molecular flexibility index (Phi) is 3.80. The van der Waals surface area contributed by atoms with E-state index in [0.29, 0.717) is 11.3 Å². The molecule has 1 heterocycles. The molecule has 3 nitrogen and oxygen atoms in total. The van der Waals surface area contributed by atoms with Crippen LogP contribution in [0, 0.1) is 0 Å². The Hall–Kier alpha value is -1.95. The molecule has 1 aromatic heterocycles. The number of hydrogen-bond donors (Lipinski definition) is 1. The molecule has 100 valence electrons. The molecule has 0 aliphatic carbocycles. The standard InChI is InChI=1S/C13H12F3N3/c14-13(15,16)10-3-1-2-9(6-10)7-11(17)12-8-18-4-5-19-12/h1-6,8,11H,7,17H2. The lowest BCUT2D eigenvalue weighted by Gasteiger charge is -2.12. The lowest BCUT2D eigenvalue weighted by atomic mass is 10.0. The fraction of sp³-hybridized carbons (Fsp3) is 0.231. The third-order valence-corrected chi connectivity index (χ3v) is 2.67. The van der Waals surface area contributed by atoms with Crippen molar-refractivity contribution < 1.29 is 13.2 Å². The van der Waals surface area contributed by atoms with E-state index in [0.717, 1.165) is 12.1 Å². The van der Waals surface area contributed by atoms with Gasteiger partial charge < -0.3 is 5.73 Å². The summed E-state index contributed by atoms with van der Waals surface area (Å²) < 4.78 is 37.7. The van der Waals surface area contributed by atoms with Crippen LogP contribution < -0.4 is 5.73 Å². The second-order valence-electron chi connectivity index (χ2n) is 4.14. The van der Waals surface area contributed by atoms with Crippen LogP contribution >= 0.6 is 0 Å². The van der Waals surface area contributed by atoms with Crippen LogP contribution in [0.1, 0.15) is 22.9 Å². The van der Waals surface area contributed by atoms with Gasteiger partial charge in [0.2, 0.25) is 0 Å². The van der Waals surface area contributed by atoms with E-state index in [1.54, 1.807) is 6.07 Å². The average Bonchev–Trinajstić information content (AvgIpc) is 2.39. The summed E-state index contributed by atoms with van der Waals surface area (Å²) in [5.74, 6) is 0. The van der Waals surface area contributed by atoms with Crippen LogP contribution in [0.2, 0.25) is 0 Å². The second-order valence-corrected chi connectivity index (χ2v) is 4.14. The normalized spacial score (nSPS) is 13.3. The Morgan fingerprint density at radius 2 is 2.00 bits per heavy atom. The van der Waals surface area contributed by atoms with Crippen LogP contribution in [0.3, 0.4) is 0 Å². The first-order valence-corrected chi connectivity index (χ1v) is 5.64. The highest BCUT2D eigenvalue weighted by molar-refractivity contribution is 5.27. The van der Waals surface area contributed by atoms with Crippen LogP contribution in [0.5, 0.6) is 0 Å². The fourth-order valence-electron chi connectivity index (χ4n) is 1.74. The molecule has 2 N–H and O–H groups in total. The monoisotopic (exact) mass is 267 g/mol. The predicted octanol–water partition coefficient (Wildman–Crippen LogP) is 2.74. The number of nitrogens with two attached hydrogens (primary N) is 1. The van der Waals surface area contributed by atoms with Crippen LogP contribution in [0.15, 0.2) is 42.9 Å². The van der Waals surface area contributed by atoms with Crippen LogP contribution in [0.25, 0.3) is 0 Å². The summed E-state index contributed by atoms with van der Waals surface area (Å²) in [5, 5.41) is 0. The zero-order chi connectivity index (χ0) is 13.9. The number of aromatic nitrogens is 2. The SMILES string of the molecule is NC(Cc1cccc(C(F)(F)F)c1)c1cnccn1. The molecule has 0 saturated carbocycles. The molecule has 0 saturated heterocycles. The van der Waals surface area contributed by atoms with Gasteiger partial charge in [0, 0.05) is 18.6 Å². The molecule has 1 atom stereocenters. The van der Waals surface area contributed by atoms with Gasteiger partial charge in [0.25, 0.3) is 0 Å². The number of hydrogen-bond acceptors (Lipinski definition) is 3. The zero-order valence-electron chi connectivity index (χ0n) is 9.93. The molecule has 0 aliphatic rings. The molecule has 0 amide bonds. The van der Waals surface area contributed by atoms with Gasteiger partial charge in [-0.3, -0.25) is 9.97 Å². The van der Waals surface area contributed by atoms with Crippen molar-refractivity contribution in [2.45, 2.75) is 18.6 Å². The first kappa shape index (κ1) is 13.5. The zero-order valence-corrected chi connectivity index (χ0v) is 9.93. The maximum absolute atomic E-state index is 12.6. The number of alkyl halides is 3. The van der Waals surface area contributed by atoms with E-state index in [-0.39, 0.29) is 6.42 Å². The minimum absolute atomic E-state index is 0.280. The van der Waals surface area contributed by atoms with Crippen molar-refractivity contribution in [3.05, 3.63) is 59.7 Å². The van der Waals surface area contributed by atoms with Crippen molar-refractivity contribution in [2.24, 2.45) is 5.73 Å². The Morgan fingerprint density at radius 3 is 2.63 bits per heavy atom. The number of benzene rings is 1. The van der Waals surface area contributed by atoms with Gasteiger partial charge >= 0.3 is 6.18 Å². The van der Waals surface area contributed by atoms with Gasteiger partial charge in [0.05, 0.1) is 17.3 Å². The molecule has 2 aromatic rings. The van der Waals surface area contributed by atoms with Crippen LogP contribution in [-0.4, -0.2) is 9.97 Å². The van der Waals surface area contributed by atoms with Crippen molar-refractivity contribution in [3.8, 4) is 0 Å². The average molecular weight is 267 g/mol. The first-order valence-electron chi connectivity index (χ1n) is 5.64. The highest BCUT2D eigenvalue weighted by atomic mass is 19.4. The predicted molar refractivity (Wildman–Crippen MR) is 64.1 cm³/mol. The maximum atomic E-state index is 12.6. The smallest absolute Gasteiger partial charge is 0.322 e. The van der Waals surface area contributed by atoms with Gasteiger partial charge in [0.15, 0.2) is 0 Å². The fourth-order valence-corrected chi connectivity index (χ4v) is 1.74. The number of rotatable bonds is 3. The van der Waals surface area contributed by atoms with Crippen LogP contribution in [-0.2, 0) is 12.6 Å². The quantitative estimate of drug-likeness (QED) is 0.930. The number of halogens is 3. The molecule has 19 heavy (non-hydrogen) atoms. The summed E-state index contributed by atoms with van der Waals surface area (Å²) in [6, 6.07) is 4.66. The minimum Gasteiger partial charge on any atom is -0.322 e. The van der Waals surface area contributed by atoms with E-state index in [2.05, 4.69) is 9.97 Å². The molecule has 0 aliphatic heterocycles. The Bertz CT molecular complexity index is 540. The van der Waals surface area contributed by atoms with E-state index >= 15 is 0 Å². The molecular weight excluding hydrogens is 255 g/mol. The van der Waals surface area contributed by atoms with E-state index in [1.165, 1.54) is 24.7 Å². The summed E-state index contributed by atoms with van der Waals surface area (Å²) in [6.45, 7) is 0. The summed E-state index contributed by atoms with van der Waals surface area (Å²) in [4.78, 5) is 7.92. The molecule has 2 rings (SSSR count). The van der Waals surface area contributed by atoms with Gasteiger partial charge in [-0.1, -0.05) is 18.2 Å². The highest BCUT2D eigenvalue weighted by Crippen LogP contribution is 2.30. The van der Waals surface area contributed by atoms with Crippen molar-refractivity contribution in [1.82, 2.24) is 9.97 Å². The largest absolute Gasteiger partial charge is 0.416 e. The van der Waals surface area contributed by atoms with Gasteiger partial charge in [-0.05, 0) is 18.1 Å². The molecule has 6 heteroatoms. The van der Waals surface area contributed by atoms with Crippen molar-refractivity contribution in [1.29, 1.82) is 0 Å². The third kappa shape index (κ3) is 3.51. The highest BCUT2D eigenvalue weighted by Gasteiger charge is 2.30. The topological polar surface area (TPSA) is 51.8 Å². The van der Waals surface area contributed by atoms with E-state index in [9.17, 15) is 13.2 Å². The summed E-state index contributed by atoms with van der Waals surface area (Å²) >= 11 is 0.